The van der Waals surface area contributed by atoms with Crippen molar-refractivity contribution in [2.24, 2.45) is 0 Å². The number of nitrogens with one attached hydrogen (secondary N) is 1. The zero-order valence-electron chi connectivity index (χ0n) is 16.0. The summed E-state index contributed by atoms with van der Waals surface area (Å²) in [6.45, 7) is 3.82. The number of halogens is 1. The van der Waals surface area contributed by atoms with Crippen LogP contribution in [0.25, 0.3) is 6.08 Å². The Hall–Kier alpha value is -2.99. The molecule has 1 amide bonds. The van der Waals surface area contributed by atoms with Crippen LogP contribution in [0.5, 0.6) is 11.5 Å². The first-order valence-corrected chi connectivity index (χ1v) is 9.02. The highest BCUT2D eigenvalue weighted by atomic mass is 35.5. The van der Waals surface area contributed by atoms with E-state index in [1.807, 2.05) is 13.8 Å². The van der Waals surface area contributed by atoms with Gasteiger partial charge in [-0.3, -0.25) is 4.79 Å². The lowest BCUT2D eigenvalue weighted by Crippen LogP contribution is -2.20. The number of ether oxygens (including phenoxy) is 3. The molecule has 0 aliphatic heterocycles. The monoisotopic (exact) mass is 403 g/mol. The van der Waals surface area contributed by atoms with E-state index in [1.165, 1.54) is 6.08 Å². The zero-order valence-corrected chi connectivity index (χ0v) is 16.7. The summed E-state index contributed by atoms with van der Waals surface area (Å²) in [6.07, 6.45) is 2.81. The normalized spacial score (nSPS) is 10.6. The van der Waals surface area contributed by atoms with Crippen LogP contribution in [0.4, 0.5) is 5.69 Å². The summed E-state index contributed by atoms with van der Waals surface area (Å²) in [5.74, 6) is 0.0988. The Bertz CT molecular complexity index is 879. The fourth-order valence-electron chi connectivity index (χ4n) is 2.28. The quantitative estimate of drug-likeness (QED) is 0.526. The van der Waals surface area contributed by atoms with E-state index >= 15 is 0 Å². The molecule has 0 aliphatic rings. The molecule has 0 saturated heterocycles. The molecule has 0 unspecified atom stereocenters. The Kier molecular flexibility index (Phi) is 7.89. The molecule has 0 radical (unpaired) electrons. The minimum absolute atomic E-state index is 0.401. The molecule has 0 aliphatic carbocycles. The molecule has 28 heavy (non-hydrogen) atoms. The van der Waals surface area contributed by atoms with Gasteiger partial charge in [-0.1, -0.05) is 23.7 Å². The van der Waals surface area contributed by atoms with Gasteiger partial charge in [0.1, 0.15) is 0 Å². The van der Waals surface area contributed by atoms with Gasteiger partial charge in [0.05, 0.1) is 13.7 Å². The molecular formula is C21H22ClNO5. The maximum atomic E-state index is 11.9. The molecule has 0 atom stereocenters. The third-order valence-corrected chi connectivity index (χ3v) is 4.11. The first-order chi connectivity index (χ1) is 13.4. The summed E-state index contributed by atoms with van der Waals surface area (Å²) in [7, 11) is 1.56. The highest BCUT2D eigenvalue weighted by molar-refractivity contribution is 6.31. The molecule has 1 N–H and O–H groups in total. The first-order valence-electron chi connectivity index (χ1n) is 8.64. The van der Waals surface area contributed by atoms with Gasteiger partial charge < -0.3 is 19.5 Å². The van der Waals surface area contributed by atoms with Gasteiger partial charge in [0.25, 0.3) is 5.91 Å². The largest absolute Gasteiger partial charge is 0.493 e. The number of carbonyl (C=O) groups excluding carboxylic acids is 2. The number of hydrogen-bond donors (Lipinski definition) is 1. The van der Waals surface area contributed by atoms with Crippen LogP contribution in [-0.4, -0.2) is 32.2 Å². The predicted octanol–water partition coefficient (Wildman–Crippen LogP) is 4.25. The van der Waals surface area contributed by atoms with Crippen LogP contribution in [-0.2, 0) is 14.3 Å². The summed E-state index contributed by atoms with van der Waals surface area (Å²) < 4.78 is 15.6. The number of carbonyl (C=O) groups is 2. The van der Waals surface area contributed by atoms with E-state index in [-0.39, 0.29) is 0 Å². The van der Waals surface area contributed by atoms with Crippen molar-refractivity contribution in [3.05, 3.63) is 58.6 Å². The van der Waals surface area contributed by atoms with Gasteiger partial charge >= 0.3 is 5.97 Å². The van der Waals surface area contributed by atoms with E-state index in [2.05, 4.69) is 5.32 Å². The second kappa shape index (κ2) is 10.4. The number of methoxy groups -OCH3 is 1. The van der Waals surface area contributed by atoms with Crippen molar-refractivity contribution in [1.29, 1.82) is 0 Å². The summed E-state index contributed by atoms with van der Waals surface area (Å²) in [5, 5.41) is 3.16. The van der Waals surface area contributed by atoms with Crippen LogP contribution in [0.2, 0.25) is 5.02 Å². The maximum absolute atomic E-state index is 11.9. The van der Waals surface area contributed by atoms with Crippen LogP contribution < -0.4 is 14.8 Å². The minimum atomic E-state index is -0.633. The van der Waals surface area contributed by atoms with Crippen molar-refractivity contribution in [1.82, 2.24) is 0 Å². The molecule has 0 saturated carbocycles. The molecule has 2 aromatic rings. The van der Waals surface area contributed by atoms with Crippen LogP contribution in [0.15, 0.2) is 42.5 Å². The fourth-order valence-corrected chi connectivity index (χ4v) is 2.46. The van der Waals surface area contributed by atoms with Gasteiger partial charge in [-0.25, -0.2) is 4.79 Å². The van der Waals surface area contributed by atoms with Gasteiger partial charge in [0.2, 0.25) is 0 Å². The Balaban J connectivity index is 1.88. The molecule has 0 heterocycles. The predicted molar refractivity (Wildman–Crippen MR) is 109 cm³/mol. The molecule has 0 bridgehead atoms. The van der Waals surface area contributed by atoms with Crippen molar-refractivity contribution < 1.29 is 23.8 Å². The molecule has 7 heteroatoms. The van der Waals surface area contributed by atoms with E-state index in [0.29, 0.717) is 28.8 Å². The lowest BCUT2D eigenvalue weighted by atomic mass is 10.2. The topological polar surface area (TPSA) is 73.9 Å². The number of anilines is 1. The Morgan fingerprint density at radius 2 is 1.93 bits per heavy atom. The molecule has 0 fully saturated rings. The average molecular weight is 404 g/mol. The van der Waals surface area contributed by atoms with E-state index in [9.17, 15) is 9.59 Å². The van der Waals surface area contributed by atoms with Crippen molar-refractivity contribution in [2.75, 3.05) is 25.6 Å². The van der Waals surface area contributed by atoms with Crippen LogP contribution in [0.1, 0.15) is 18.1 Å². The first kappa shape index (κ1) is 21.3. The average Bonchev–Trinajstić information content (AvgIpc) is 2.68. The molecule has 6 nitrogen and oxygen atoms in total. The lowest BCUT2D eigenvalue weighted by Gasteiger charge is -2.09. The van der Waals surface area contributed by atoms with E-state index in [0.717, 1.165) is 11.1 Å². The third-order valence-electron chi connectivity index (χ3n) is 3.70. The maximum Gasteiger partial charge on any atom is 0.331 e. The molecular weight excluding hydrogens is 382 g/mol. The van der Waals surface area contributed by atoms with E-state index in [4.69, 9.17) is 25.8 Å². The van der Waals surface area contributed by atoms with E-state index < -0.39 is 18.5 Å². The van der Waals surface area contributed by atoms with E-state index in [1.54, 1.807) is 49.6 Å². The Labute approximate surface area is 169 Å². The van der Waals surface area contributed by atoms with Crippen molar-refractivity contribution >= 4 is 35.2 Å². The van der Waals surface area contributed by atoms with Crippen molar-refractivity contribution in [3.63, 3.8) is 0 Å². The van der Waals surface area contributed by atoms with Gasteiger partial charge in [-0.2, -0.15) is 0 Å². The number of esters is 1. The summed E-state index contributed by atoms with van der Waals surface area (Å²) in [4.78, 5) is 23.7. The van der Waals surface area contributed by atoms with Crippen LogP contribution >= 0.6 is 11.6 Å². The second-order valence-corrected chi connectivity index (χ2v) is 6.20. The highest BCUT2D eigenvalue weighted by Crippen LogP contribution is 2.28. The Morgan fingerprint density at radius 3 is 2.61 bits per heavy atom. The molecule has 148 valence electrons. The van der Waals surface area contributed by atoms with Gasteiger partial charge in [0.15, 0.2) is 18.1 Å². The van der Waals surface area contributed by atoms with Gasteiger partial charge in [-0.15, -0.1) is 0 Å². The highest BCUT2D eigenvalue weighted by Gasteiger charge is 2.08. The fraction of sp³-hybridized carbons (Fsp3) is 0.238. The Morgan fingerprint density at radius 1 is 1.14 bits per heavy atom. The number of aryl methyl sites for hydroxylation is 1. The van der Waals surface area contributed by atoms with Crippen molar-refractivity contribution in [3.8, 4) is 11.5 Å². The smallest absolute Gasteiger partial charge is 0.331 e. The second-order valence-electron chi connectivity index (χ2n) is 5.80. The summed E-state index contributed by atoms with van der Waals surface area (Å²) >= 11 is 6.01. The van der Waals surface area contributed by atoms with Gasteiger partial charge in [0, 0.05) is 16.8 Å². The van der Waals surface area contributed by atoms with Crippen LogP contribution in [0.3, 0.4) is 0 Å². The molecule has 0 aromatic heterocycles. The number of benzene rings is 2. The van der Waals surface area contributed by atoms with Crippen molar-refractivity contribution in [2.45, 2.75) is 13.8 Å². The molecule has 2 rings (SSSR count). The number of hydrogen-bond acceptors (Lipinski definition) is 5. The zero-order chi connectivity index (χ0) is 20.5. The van der Waals surface area contributed by atoms with Gasteiger partial charge in [-0.05, 0) is 55.3 Å². The standard InChI is InChI=1S/C21H22ClNO5/c1-4-27-19-11-15(6-9-18(19)26-3)7-10-21(25)28-13-20(24)23-16-8-5-14(2)17(22)12-16/h5-12H,4,13H2,1-3H3,(H,23,24)/b10-7+. The SMILES string of the molecule is CCOc1cc(/C=C/C(=O)OCC(=O)Nc2ccc(C)c(Cl)c2)ccc1OC. The molecule has 0 spiro atoms. The van der Waals surface area contributed by atoms with Crippen LogP contribution in [0, 0.1) is 6.92 Å². The lowest BCUT2D eigenvalue weighted by molar-refractivity contribution is -0.142. The summed E-state index contributed by atoms with van der Waals surface area (Å²) in [5.41, 5.74) is 2.18. The number of amides is 1. The number of rotatable bonds is 8. The molecule has 2 aromatic carbocycles. The minimum Gasteiger partial charge on any atom is -0.493 e. The summed E-state index contributed by atoms with van der Waals surface area (Å²) in [6, 6.07) is 10.4. The third kappa shape index (κ3) is 6.32.